The molecule has 5 nitrogen and oxygen atoms in total. The molecule has 0 aromatic heterocycles. The number of nitrogens with one attached hydrogen (secondary N) is 1. The monoisotopic (exact) mass is 290 g/mol. The number of methoxy groups -OCH3 is 1. The van der Waals surface area contributed by atoms with Crippen LogP contribution >= 0.6 is 0 Å². The van der Waals surface area contributed by atoms with Crippen molar-refractivity contribution in [2.45, 2.75) is 44.0 Å². The molecule has 1 unspecified atom stereocenters. The standard InChI is InChI=1S/C16H22N2O3/c1-21-14-4-2-3-11(9-14)16-17-10-15(20)18(16)12-5-7-13(19)8-6-12/h2-4,9,12-13,16-17,19H,5-8,10H2,1H3. The Labute approximate surface area is 124 Å². The third kappa shape index (κ3) is 2.89. The number of carbonyl (C=O) groups excluding carboxylic acids is 1. The predicted octanol–water partition coefficient (Wildman–Crippen LogP) is 1.43. The number of nitrogens with zero attached hydrogens (tertiary/aromatic N) is 1. The molecular weight excluding hydrogens is 268 g/mol. The number of aliphatic hydroxyl groups excluding tert-OH is 1. The first-order valence-corrected chi connectivity index (χ1v) is 7.55. The molecule has 5 heteroatoms. The molecule has 1 atom stereocenters. The van der Waals surface area contributed by atoms with E-state index in [1.807, 2.05) is 29.2 Å². The lowest BCUT2D eigenvalue weighted by Gasteiger charge is -2.36. The van der Waals surface area contributed by atoms with Crippen molar-refractivity contribution in [3.05, 3.63) is 29.8 Å². The van der Waals surface area contributed by atoms with Crippen LogP contribution in [0.2, 0.25) is 0 Å². The Morgan fingerprint density at radius 3 is 2.76 bits per heavy atom. The smallest absolute Gasteiger partial charge is 0.238 e. The molecule has 1 aliphatic carbocycles. The van der Waals surface area contributed by atoms with E-state index in [1.54, 1.807) is 7.11 Å². The van der Waals surface area contributed by atoms with Crippen molar-refractivity contribution < 1.29 is 14.6 Å². The Bertz CT molecular complexity index is 512. The summed E-state index contributed by atoms with van der Waals surface area (Å²) in [4.78, 5) is 14.2. The lowest BCUT2D eigenvalue weighted by atomic mass is 9.91. The van der Waals surface area contributed by atoms with E-state index in [1.165, 1.54) is 0 Å². The average Bonchev–Trinajstić information content (AvgIpc) is 2.90. The number of hydrogen-bond acceptors (Lipinski definition) is 4. The van der Waals surface area contributed by atoms with E-state index in [9.17, 15) is 9.90 Å². The summed E-state index contributed by atoms with van der Waals surface area (Å²) in [5.41, 5.74) is 1.05. The number of benzene rings is 1. The molecule has 1 aromatic carbocycles. The second-order valence-corrected chi connectivity index (χ2v) is 5.82. The summed E-state index contributed by atoms with van der Waals surface area (Å²) in [6.07, 6.45) is 3.00. The van der Waals surface area contributed by atoms with Crippen molar-refractivity contribution in [1.29, 1.82) is 0 Å². The topological polar surface area (TPSA) is 61.8 Å². The summed E-state index contributed by atoms with van der Waals surface area (Å²) >= 11 is 0. The van der Waals surface area contributed by atoms with Gasteiger partial charge in [-0.1, -0.05) is 12.1 Å². The Balaban J connectivity index is 1.81. The van der Waals surface area contributed by atoms with Crippen molar-refractivity contribution in [2.75, 3.05) is 13.7 Å². The average molecular weight is 290 g/mol. The van der Waals surface area contributed by atoms with Crippen molar-refractivity contribution in [2.24, 2.45) is 0 Å². The number of hydrogen-bond donors (Lipinski definition) is 2. The van der Waals surface area contributed by atoms with Crippen LogP contribution in [-0.4, -0.2) is 41.7 Å². The maximum Gasteiger partial charge on any atom is 0.238 e. The fraction of sp³-hybridized carbons (Fsp3) is 0.562. The predicted molar refractivity (Wildman–Crippen MR) is 78.8 cm³/mol. The van der Waals surface area contributed by atoms with Crippen molar-refractivity contribution in [3.8, 4) is 5.75 Å². The van der Waals surface area contributed by atoms with Crippen molar-refractivity contribution >= 4 is 5.91 Å². The molecule has 114 valence electrons. The second kappa shape index (κ2) is 6.03. The second-order valence-electron chi connectivity index (χ2n) is 5.82. The van der Waals surface area contributed by atoms with Gasteiger partial charge in [-0.2, -0.15) is 0 Å². The minimum absolute atomic E-state index is 0.0900. The van der Waals surface area contributed by atoms with Crippen LogP contribution in [0.3, 0.4) is 0 Å². The minimum atomic E-state index is -0.206. The van der Waals surface area contributed by atoms with Crippen LogP contribution < -0.4 is 10.1 Å². The van der Waals surface area contributed by atoms with Gasteiger partial charge >= 0.3 is 0 Å². The highest BCUT2D eigenvalue weighted by Gasteiger charge is 2.38. The van der Waals surface area contributed by atoms with E-state index in [0.717, 1.165) is 37.0 Å². The molecule has 0 radical (unpaired) electrons. The van der Waals surface area contributed by atoms with Crippen molar-refractivity contribution in [3.63, 3.8) is 0 Å². The summed E-state index contributed by atoms with van der Waals surface area (Å²) in [5, 5.41) is 12.9. The number of ether oxygens (including phenoxy) is 1. The summed E-state index contributed by atoms with van der Waals surface area (Å²) < 4.78 is 5.27. The number of carbonyl (C=O) groups is 1. The Kier molecular flexibility index (Phi) is 4.12. The number of rotatable bonds is 3. The molecule has 0 spiro atoms. The third-order valence-corrected chi connectivity index (χ3v) is 4.48. The van der Waals surface area contributed by atoms with Crippen LogP contribution in [0.1, 0.15) is 37.4 Å². The quantitative estimate of drug-likeness (QED) is 0.884. The van der Waals surface area contributed by atoms with Crippen LogP contribution in [0.4, 0.5) is 0 Å². The molecule has 1 amide bonds. The molecule has 0 bridgehead atoms. The van der Waals surface area contributed by atoms with Gasteiger partial charge in [0.1, 0.15) is 11.9 Å². The Morgan fingerprint density at radius 1 is 1.29 bits per heavy atom. The van der Waals surface area contributed by atoms with E-state index in [-0.39, 0.29) is 24.2 Å². The Morgan fingerprint density at radius 2 is 2.05 bits per heavy atom. The largest absolute Gasteiger partial charge is 0.497 e. The van der Waals surface area contributed by atoms with E-state index in [4.69, 9.17) is 4.74 Å². The van der Waals surface area contributed by atoms with Crippen LogP contribution in [0.5, 0.6) is 5.75 Å². The lowest BCUT2D eigenvalue weighted by Crippen LogP contribution is -2.42. The van der Waals surface area contributed by atoms with Crippen LogP contribution in [0.25, 0.3) is 0 Å². The summed E-state index contributed by atoms with van der Waals surface area (Å²) in [6.45, 7) is 0.376. The summed E-state index contributed by atoms with van der Waals surface area (Å²) in [7, 11) is 1.65. The molecule has 2 fully saturated rings. The van der Waals surface area contributed by atoms with Gasteiger partial charge in [0.15, 0.2) is 0 Å². The van der Waals surface area contributed by atoms with Gasteiger partial charge in [-0.25, -0.2) is 0 Å². The van der Waals surface area contributed by atoms with Gasteiger partial charge in [0.2, 0.25) is 5.91 Å². The van der Waals surface area contributed by atoms with Gasteiger partial charge in [0, 0.05) is 6.04 Å². The zero-order valence-corrected chi connectivity index (χ0v) is 12.3. The summed E-state index contributed by atoms with van der Waals surface area (Å²) in [6, 6.07) is 8.06. The first-order chi connectivity index (χ1) is 10.2. The molecule has 1 aliphatic heterocycles. The van der Waals surface area contributed by atoms with E-state index < -0.39 is 0 Å². The van der Waals surface area contributed by atoms with Crippen LogP contribution in [0, 0.1) is 0 Å². The van der Waals surface area contributed by atoms with Gasteiger partial charge in [-0.15, -0.1) is 0 Å². The van der Waals surface area contributed by atoms with Gasteiger partial charge in [-0.05, 0) is 43.4 Å². The van der Waals surface area contributed by atoms with Gasteiger partial charge < -0.3 is 14.7 Å². The molecule has 1 heterocycles. The molecule has 1 aromatic rings. The maximum atomic E-state index is 12.3. The number of amides is 1. The first-order valence-electron chi connectivity index (χ1n) is 7.55. The summed E-state index contributed by atoms with van der Waals surface area (Å²) in [5.74, 6) is 0.942. The van der Waals surface area contributed by atoms with E-state index in [2.05, 4.69) is 5.32 Å². The Hall–Kier alpha value is -1.59. The van der Waals surface area contributed by atoms with Gasteiger partial charge in [0.05, 0.1) is 19.8 Å². The van der Waals surface area contributed by atoms with Gasteiger partial charge in [0.25, 0.3) is 0 Å². The molecule has 2 aliphatic rings. The normalized spacial score (nSPS) is 29.7. The SMILES string of the molecule is COc1cccc(C2NCC(=O)N2C2CCC(O)CC2)c1. The minimum Gasteiger partial charge on any atom is -0.497 e. The van der Waals surface area contributed by atoms with Crippen LogP contribution in [-0.2, 0) is 4.79 Å². The maximum absolute atomic E-state index is 12.3. The number of aliphatic hydroxyl groups is 1. The fourth-order valence-electron chi connectivity index (χ4n) is 3.36. The van der Waals surface area contributed by atoms with Gasteiger partial charge in [-0.3, -0.25) is 10.1 Å². The molecule has 1 saturated carbocycles. The highest BCUT2D eigenvalue weighted by molar-refractivity contribution is 5.81. The lowest BCUT2D eigenvalue weighted by molar-refractivity contribution is -0.131. The fourth-order valence-corrected chi connectivity index (χ4v) is 3.36. The highest BCUT2D eigenvalue weighted by Crippen LogP contribution is 2.32. The molecular formula is C16H22N2O3. The zero-order valence-electron chi connectivity index (χ0n) is 12.3. The first kappa shape index (κ1) is 14.4. The van der Waals surface area contributed by atoms with E-state index in [0.29, 0.717) is 6.54 Å². The zero-order chi connectivity index (χ0) is 14.8. The molecule has 3 rings (SSSR count). The van der Waals surface area contributed by atoms with Crippen LogP contribution in [0.15, 0.2) is 24.3 Å². The van der Waals surface area contributed by atoms with Crippen molar-refractivity contribution in [1.82, 2.24) is 10.2 Å². The third-order valence-electron chi connectivity index (χ3n) is 4.48. The molecule has 21 heavy (non-hydrogen) atoms. The molecule has 1 saturated heterocycles. The molecule has 2 N–H and O–H groups in total. The highest BCUT2D eigenvalue weighted by atomic mass is 16.5. The van der Waals surface area contributed by atoms with E-state index >= 15 is 0 Å².